The molecule has 2 unspecified atom stereocenters. The predicted octanol–water partition coefficient (Wildman–Crippen LogP) is 0.316. The Hall–Kier alpha value is -0.620. The molecule has 0 aromatic rings. The fourth-order valence-electron chi connectivity index (χ4n) is 2.89. The molecule has 0 aromatic heterocycles. The van der Waals surface area contributed by atoms with Crippen LogP contribution in [-0.4, -0.2) is 45.5 Å². The summed E-state index contributed by atoms with van der Waals surface area (Å²) in [7, 11) is -3.00. The second-order valence-electron chi connectivity index (χ2n) is 6.39. The van der Waals surface area contributed by atoms with E-state index >= 15 is 0 Å². The van der Waals surface area contributed by atoms with Crippen LogP contribution in [0.15, 0.2) is 0 Å². The van der Waals surface area contributed by atoms with Gasteiger partial charge < -0.3 is 10.6 Å². The first-order valence-corrected chi connectivity index (χ1v) is 9.04. The lowest BCUT2D eigenvalue weighted by Crippen LogP contribution is -2.50. The number of piperidine rings is 1. The predicted molar refractivity (Wildman–Crippen MR) is 74.6 cm³/mol. The van der Waals surface area contributed by atoms with Gasteiger partial charge in [0.25, 0.3) is 0 Å². The Kier molecular flexibility index (Phi) is 4.20. The van der Waals surface area contributed by atoms with E-state index in [1.807, 2.05) is 0 Å². The normalized spacial score (nSPS) is 29.8. The maximum atomic E-state index is 12.1. The molecule has 6 heteroatoms. The number of carbonyl (C=O) groups excluding carboxylic acids is 1. The van der Waals surface area contributed by atoms with Crippen molar-refractivity contribution in [2.75, 3.05) is 25.1 Å². The summed E-state index contributed by atoms with van der Waals surface area (Å²) in [6, 6.07) is 0.176. The van der Waals surface area contributed by atoms with Crippen LogP contribution < -0.4 is 10.6 Å². The van der Waals surface area contributed by atoms with Gasteiger partial charge in [-0.15, -0.1) is 0 Å². The Balaban J connectivity index is 1.84. The van der Waals surface area contributed by atoms with Crippen molar-refractivity contribution >= 4 is 15.7 Å². The topological polar surface area (TPSA) is 75.3 Å². The highest BCUT2D eigenvalue weighted by molar-refractivity contribution is 7.90. The largest absolute Gasteiger partial charge is 0.352 e. The third-order valence-corrected chi connectivity index (χ3v) is 5.37. The number of rotatable bonds is 5. The molecule has 19 heavy (non-hydrogen) atoms. The van der Waals surface area contributed by atoms with Crippen LogP contribution in [0.4, 0.5) is 0 Å². The van der Waals surface area contributed by atoms with Gasteiger partial charge in [0.15, 0.2) is 0 Å². The zero-order valence-electron chi connectivity index (χ0n) is 11.7. The molecule has 0 spiro atoms. The van der Waals surface area contributed by atoms with Crippen molar-refractivity contribution in [3.63, 3.8) is 0 Å². The number of hydrogen-bond acceptors (Lipinski definition) is 4. The van der Waals surface area contributed by atoms with Gasteiger partial charge in [-0.25, -0.2) is 8.42 Å². The van der Waals surface area contributed by atoms with Crippen LogP contribution in [0.3, 0.4) is 0 Å². The first-order valence-electron chi connectivity index (χ1n) is 6.98. The maximum Gasteiger partial charge on any atom is 0.220 e. The van der Waals surface area contributed by atoms with Gasteiger partial charge in [-0.2, -0.15) is 0 Å². The smallest absolute Gasteiger partial charge is 0.220 e. The first-order chi connectivity index (χ1) is 8.80. The van der Waals surface area contributed by atoms with Gasteiger partial charge in [0.2, 0.25) is 5.91 Å². The van der Waals surface area contributed by atoms with Crippen molar-refractivity contribution < 1.29 is 13.2 Å². The second kappa shape index (κ2) is 5.40. The molecule has 110 valence electrons. The minimum atomic E-state index is -3.00. The lowest BCUT2D eigenvalue weighted by Gasteiger charge is -2.30. The highest BCUT2D eigenvalue weighted by Gasteiger charge is 2.46. The van der Waals surface area contributed by atoms with Crippen molar-refractivity contribution in [3.8, 4) is 0 Å². The van der Waals surface area contributed by atoms with E-state index in [0.717, 1.165) is 32.4 Å². The summed E-state index contributed by atoms with van der Waals surface area (Å²) in [5.74, 6) is 0.628. The highest BCUT2D eigenvalue weighted by Crippen LogP contribution is 2.49. The Bertz CT molecular complexity index is 443. The molecule has 0 radical (unpaired) electrons. The van der Waals surface area contributed by atoms with Crippen LogP contribution in [-0.2, 0) is 14.6 Å². The van der Waals surface area contributed by atoms with Gasteiger partial charge in [0, 0.05) is 25.3 Å². The number of nitrogens with one attached hydrogen (secondary N) is 2. The van der Waals surface area contributed by atoms with E-state index in [-0.39, 0.29) is 23.1 Å². The zero-order chi connectivity index (χ0) is 14.1. The average Bonchev–Trinajstić information content (AvgIpc) is 2.98. The molecule has 0 aromatic carbocycles. The van der Waals surface area contributed by atoms with Crippen LogP contribution in [0.25, 0.3) is 0 Å². The van der Waals surface area contributed by atoms with E-state index in [2.05, 4.69) is 17.6 Å². The minimum absolute atomic E-state index is 0.00157. The summed E-state index contributed by atoms with van der Waals surface area (Å²) in [5, 5.41) is 6.33. The molecule has 2 rings (SSSR count). The fraction of sp³-hybridized carbons (Fsp3) is 0.923. The quantitative estimate of drug-likeness (QED) is 0.764. The molecule has 2 fully saturated rings. The summed E-state index contributed by atoms with van der Waals surface area (Å²) < 4.78 is 22.7. The molecular weight excluding hydrogens is 264 g/mol. The summed E-state index contributed by atoms with van der Waals surface area (Å²) in [5.41, 5.74) is -0.275. The Morgan fingerprint density at radius 1 is 1.42 bits per heavy atom. The molecule has 1 saturated heterocycles. The summed E-state index contributed by atoms with van der Waals surface area (Å²) in [6.07, 6.45) is 4.37. The van der Waals surface area contributed by atoms with E-state index in [4.69, 9.17) is 0 Å². The Morgan fingerprint density at radius 3 is 2.63 bits per heavy atom. The Labute approximate surface area is 115 Å². The molecule has 1 saturated carbocycles. The van der Waals surface area contributed by atoms with Gasteiger partial charge in [-0.05, 0) is 37.1 Å². The maximum absolute atomic E-state index is 12.1. The van der Waals surface area contributed by atoms with Crippen LogP contribution in [0.5, 0.6) is 0 Å². The van der Waals surface area contributed by atoms with Gasteiger partial charge in [0.1, 0.15) is 9.84 Å². The molecule has 5 nitrogen and oxygen atoms in total. The van der Waals surface area contributed by atoms with Crippen LogP contribution >= 0.6 is 0 Å². The monoisotopic (exact) mass is 288 g/mol. The van der Waals surface area contributed by atoms with Crippen LogP contribution in [0.2, 0.25) is 0 Å². The van der Waals surface area contributed by atoms with Crippen molar-refractivity contribution in [1.82, 2.24) is 10.6 Å². The molecule has 1 heterocycles. The van der Waals surface area contributed by atoms with E-state index in [1.54, 1.807) is 0 Å². The van der Waals surface area contributed by atoms with Crippen molar-refractivity contribution in [2.45, 2.75) is 38.6 Å². The standard InChI is InChI=1S/C13H24N2O3S/c1-10-3-6-14-8-11(10)15-12(16)7-13(4-5-13)9-19(2,17)18/h10-11,14H,3-9H2,1-2H3,(H,15,16). The summed E-state index contributed by atoms with van der Waals surface area (Å²) in [4.78, 5) is 12.1. The number of carbonyl (C=O) groups is 1. The molecule has 1 aliphatic heterocycles. The number of hydrogen-bond donors (Lipinski definition) is 2. The lowest BCUT2D eigenvalue weighted by molar-refractivity contribution is -0.123. The summed E-state index contributed by atoms with van der Waals surface area (Å²) >= 11 is 0. The number of sulfone groups is 1. The van der Waals surface area contributed by atoms with Crippen molar-refractivity contribution in [1.29, 1.82) is 0 Å². The van der Waals surface area contributed by atoms with Crippen molar-refractivity contribution in [3.05, 3.63) is 0 Å². The number of amides is 1. The molecule has 0 bridgehead atoms. The van der Waals surface area contributed by atoms with E-state index in [9.17, 15) is 13.2 Å². The zero-order valence-corrected chi connectivity index (χ0v) is 12.6. The third kappa shape index (κ3) is 4.45. The van der Waals surface area contributed by atoms with Gasteiger partial charge in [-0.1, -0.05) is 6.92 Å². The highest BCUT2D eigenvalue weighted by atomic mass is 32.2. The van der Waals surface area contributed by atoms with E-state index in [0.29, 0.717) is 12.3 Å². The molecule has 2 aliphatic rings. The van der Waals surface area contributed by atoms with Gasteiger partial charge >= 0.3 is 0 Å². The van der Waals surface area contributed by atoms with Gasteiger partial charge in [-0.3, -0.25) is 4.79 Å². The third-order valence-electron chi connectivity index (χ3n) is 4.24. The SMILES string of the molecule is CC1CCNCC1NC(=O)CC1(CS(C)(=O)=O)CC1. The fourth-order valence-corrected chi connectivity index (χ4v) is 4.39. The van der Waals surface area contributed by atoms with Crippen LogP contribution in [0.1, 0.15) is 32.6 Å². The average molecular weight is 288 g/mol. The van der Waals surface area contributed by atoms with Crippen LogP contribution in [0, 0.1) is 11.3 Å². The van der Waals surface area contributed by atoms with E-state index < -0.39 is 9.84 Å². The summed E-state index contributed by atoms with van der Waals surface area (Å²) in [6.45, 7) is 3.96. The van der Waals surface area contributed by atoms with Gasteiger partial charge in [0.05, 0.1) is 5.75 Å². The molecular formula is C13H24N2O3S. The second-order valence-corrected chi connectivity index (χ2v) is 8.53. The van der Waals surface area contributed by atoms with Crippen molar-refractivity contribution in [2.24, 2.45) is 11.3 Å². The molecule has 2 N–H and O–H groups in total. The molecule has 1 aliphatic carbocycles. The molecule has 2 atom stereocenters. The minimum Gasteiger partial charge on any atom is -0.352 e. The Morgan fingerprint density at radius 2 is 2.11 bits per heavy atom. The van der Waals surface area contributed by atoms with E-state index in [1.165, 1.54) is 6.26 Å². The lowest BCUT2D eigenvalue weighted by atomic mass is 9.94. The first kappa shape index (κ1) is 14.8. The molecule has 1 amide bonds.